The van der Waals surface area contributed by atoms with Crippen LogP contribution in [0.15, 0.2) is 47.7 Å². The largest absolute Gasteiger partial charge is 0.467 e. The van der Waals surface area contributed by atoms with Gasteiger partial charge >= 0.3 is 0 Å². The van der Waals surface area contributed by atoms with Gasteiger partial charge in [-0.15, -0.1) is 0 Å². The van der Waals surface area contributed by atoms with E-state index in [1.807, 2.05) is 19.1 Å². The quantitative estimate of drug-likeness (QED) is 0.301. The summed E-state index contributed by atoms with van der Waals surface area (Å²) in [5.74, 6) is -3.64. The van der Waals surface area contributed by atoms with Crippen molar-refractivity contribution in [3.05, 3.63) is 59.1 Å². The fourth-order valence-corrected chi connectivity index (χ4v) is 4.06. The zero-order valence-electron chi connectivity index (χ0n) is 17.2. The highest BCUT2D eigenvalue weighted by Gasteiger charge is 2.74. The minimum Gasteiger partial charge on any atom is -0.467 e. The first-order chi connectivity index (χ1) is 14.7. The van der Waals surface area contributed by atoms with Crippen LogP contribution in [0, 0.1) is 5.82 Å². The van der Waals surface area contributed by atoms with Crippen LogP contribution in [0.1, 0.15) is 30.6 Å². The van der Waals surface area contributed by atoms with E-state index < -0.39 is 52.4 Å². The van der Waals surface area contributed by atoms with E-state index in [0.717, 1.165) is 19.6 Å². The summed E-state index contributed by atoms with van der Waals surface area (Å²) < 4.78 is 30.7. The Morgan fingerprint density at radius 3 is 2.71 bits per heavy atom. The number of nitrogens with one attached hydrogen (secondary N) is 1. The highest BCUT2D eigenvalue weighted by molar-refractivity contribution is 6.23. The van der Waals surface area contributed by atoms with Gasteiger partial charge in [0, 0.05) is 12.7 Å². The molecule has 3 aliphatic rings. The molecule has 0 aromatic heterocycles. The summed E-state index contributed by atoms with van der Waals surface area (Å²) in [6.07, 6.45) is 1.54. The first-order valence-corrected chi connectivity index (χ1v) is 9.86. The maximum atomic E-state index is 14.3. The third-order valence-electron chi connectivity index (χ3n) is 5.85. The van der Waals surface area contributed by atoms with Gasteiger partial charge in [0.05, 0.1) is 5.56 Å². The highest BCUT2D eigenvalue weighted by atomic mass is 19.1. The third-order valence-corrected chi connectivity index (χ3v) is 5.85. The van der Waals surface area contributed by atoms with Gasteiger partial charge in [-0.05, 0) is 25.5 Å². The van der Waals surface area contributed by atoms with Gasteiger partial charge in [0.1, 0.15) is 23.8 Å². The Labute approximate surface area is 177 Å². The summed E-state index contributed by atoms with van der Waals surface area (Å²) in [5.41, 5.74) is -5.14. The van der Waals surface area contributed by atoms with Gasteiger partial charge in [0.25, 0.3) is 11.5 Å². The molecule has 8 nitrogen and oxygen atoms in total. The standard InChI is InChI=1S/C22H22FNO7/c1-4-5-10-14-16(30-14)15-11(2)17(25)21(31-15)19(27)22(29-3,24-20(21)28)18(26)12-8-6-7-9-13(12)23/h5-10,14,16,19,27H,4H2,1-3H3,(H,24,28)/b10-5-/t14-,16+,19-,21-,22-/m1/s1. The van der Waals surface area contributed by atoms with E-state index in [9.17, 15) is 23.9 Å². The molecule has 2 fully saturated rings. The van der Waals surface area contributed by atoms with Gasteiger partial charge in [0.2, 0.25) is 17.3 Å². The van der Waals surface area contributed by atoms with Gasteiger partial charge in [0.15, 0.2) is 6.10 Å². The van der Waals surface area contributed by atoms with Crippen LogP contribution < -0.4 is 5.32 Å². The summed E-state index contributed by atoms with van der Waals surface area (Å²) in [7, 11) is 1.07. The normalized spacial score (nSPS) is 34.5. The maximum Gasteiger partial charge on any atom is 0.278 e. The number of allylic oxidation sites excluding steroid dienone is 1. The Balaban J connectivity index is 1.69. The number of halogens is 1. The van der Waals surface area contributed by atoms with E-state index in [4.69, 9.17) is 14.2 Å². The van der Waals surface area contributed by atoms with Crippen LogP contribution in [0.2, 0.25) is 0 Å². The number of methoxy groups -OCH3 is 1. The van der Waals surface area contributed by atoms with E-state index in [-0.39, 0.29) is 17.4 Å². The smallest absolute Gasteiger partial charge is 0.278 e. The number of rotatable bonds is 6. The molecule has 1 aromatic rings. The molecule has 1 aromatic carbocycles. The fourth-order valence-electron chi connectivity index (χ4n) is 4.06. The number of amides is 1. The molecule has 0 radical (unpaired) electrons. The first-order valence-electron chi connectivity index (χ1n) is 9.86. The van der Waals surface area contributed by atoms with Gasteiger partial charge < -0.3 is 24.6 Å². The lowest BCUT2D eigenvalue weighted by Gasteiger charge is -2.32. The van der Waals surface area contributed by atoms with Gasteiger partial charge in [-0.3, -0.25) is 14.4 Å². The van der Waals surface area contributed by atoms with Crippen LogP contribution in [0.25, 0.3) is 0 Å². The number of benzene rings is 1. The molecule has 0 aliphatic carbocycles. The van der Waals surface area contributed by atoms with Crippen LogP contribution in [0.3, 0.4) is 0 Å². The molecule has 164 valence electrons. The zero-order valence-corrected chi connectivity index (χ0v) is 17.2. The van der Waals surface area contributed by atoms with Crippen LogP contribution in [-0.4, -0.2) is 59.3 Å². The van der Waals surface area contributed by atoms with E-state index in [1.165, 1.54) is 25.1 Å². The number of epoxide rings is 1. The van der Waals surface area contributed by atoms with Crippen molar-refractivity contribution in [3.8, 4) is 0 Å². The average molecular weight is 431 g/mol. The minimum absolute atomic E-state index is 0.108. The molecule has 2 N–H and O–H groups in total. The van der Waals surface area contributed by atoms with Gasteiger partial charge in [-0.1, -0.05) is 31.2 Å². The number of hydrogen-bond donors (Lipinski definition) is 2. The van der Waals surface area contributed by atoms with Crippen molar-refractivity contribution < 1.29 is 38.1 Å². The van der Waals surface area contributed by atoms with Crippen molar-refractivity contribution >= 4 is 17.5 Å². The van der Waals surface area contributed by atoms with Gasteiger partial charge in [-0.25, -0.2) is 4.39 Å². The molecular weight excluding hydrogens is 409 g/mol. The molecule has 4 rings (SSSR count). The van der Waals surface area contributed by atoms with Crippen LogP contribution in [-0.2, 0) is 23.8 Å². The number of carbonyl (C=O) groups is 3. The van der Waals surface area contributed by atoms with E-state index >= 15 is 0 Å². The summed E-state index contributed by atoms with van der Waals surface area (Å²) in [6, 6.07) is 5.06. The average Bonchev–Trinajstić information content (AvgIpc) is 3.43. The maximum absolute atomic E-state index is 14.3. The topological polar surface area (TPSA) is 114 Å². The molecule has 3 aliphatic heterocycles. The van der Waals surface area contributed by atoms with Crippen LogP contribution in [0.4, 0.5) is 4.39 Å². The van der Waals surface area contributed by atoms with Gasteiger partial charge in [-0.2, -0.15) is 0 Å². The zero-order chi connectivity index (χ0) is 22.6. The number of aliphatic hydroxyl groups excluding tert-OH is 1. The molecule has 31 heavy (non-hydrogen) atoms. The predicted molar refractivity (Wildman–Crippen MR) is 104 cm³/mol. The third kappa shape index (κ3) is 2.88. The molecule has 0 unspecified atom stereocenters. The second-order valence-electron chi connectivity index (χ2n) is 7.62. The summed E-state index contributed by atoms with van der Waals surface area (Å²) in [5, 5.41) is 13.4. The van der Waals surface area contributed by atoms with Crippen molar-refractivity contribution in [2.75, 3.05) is 7.11 Å². The Morgan fingerprint density at radius 1 is 1.35 bits per heavy atom. The van der Waals surface area contributed by atoms with Crippen molar-refractivity contribution in [2.45, 2.75) is 49.9 Å². The van der Waals surface area contributed by atoms with E-state index in [2.05, 4.69) is 5.32 Å². The van der Waals surface area contributed by atoms with E-state index in [0.29, 0.717) is 0 Å². The van der Waals surface area contributed by atoms with Crippen molar-refractivity contribution in [2.24, 2.45) is 0 Å². The Bertz CT molecular complexity index is 1030. The summed E-state index contributed by atoms with van der Waals surface area (Å²) in [4.78, 5) is 39.3. The lowest BCUT2D eigenvalue weighted by molar-refractivity contribution is -0.160. The minimum atomic E-state index is -2.43. The number of hydrogen-bond acceptors (Lipinski definition) is 7. The number of ether oxygens (including phenoxy) is 3. The molecule has 1 spiro atoms. The van der Waals surface area contributed by atoms with Crippen LogP contribution >= 0.6 is 0 Å². The van der Waals surface area contributed by atoms with E-state index in [1.54, 1.807) is 0 Å². The molecule has 0 bridgehead atoms. The Morgan fingerprint density at radius 2 is 2.06 bits per heavy atom. The lowest BCUT2D eigenvalue weighted by Crippen LogP contribution is -2.60. The molecule has 5 atom stereocenters. The molecule has 0 saturated carbocycles. The molecule has 9 heteroatoms. The number of Topliss-reactive ketones (excluding diaryl/α,β-unsaturated/α-hetero) is 2. The summed E-state index contributed by atoms with van der Waals surface area (Å²) in [6.45, 7) is 3.42. The Kier molecular flexibility index (Phi) is 5.07. The van der Waals surface area contributed by atoms with Crippen LogP contribution in [0.5, 0.6) is 0 Å². The van der Waals surface area contributed by atoms with Crippen molar-refractivity contribution in [1.82, 2.24) is 5.32 Å². The predicted octanol–water partition coefficient (Wildman–Crippen LogP) is 1.19. The SMILES string of the molecule is CC/C=C\[C@H]1O[C@@H]1C1=C(C)C(=O)[C@]2(O1)C(=O)N[C@@](OC)(C(=O)c1ccccc1F)[C@@H]2O. The molecule has 1 amide bonds. The second kappa shape index (κ2) is 7.37. The Hall–Kier alpha value is -2.88. The highest BCUT2D eigenvalue weighted by Crippen LogP contribution is 2.47. The number of ketones is 2. The monoisotopic (exact) mass is 431 g/mol. The lowest BCUT2D eigenvalue weighted by atomic mass is 9.85. The number of carbonyl (C=O) groups excluding carboxylic acids is 3. The second-order valence-corrected chi connectivity index (χ2v) is 7.62. The first kappa shape index (κ1) is 21.4. The van der Waals surface area contributed by atoms with Crippen molar-refractivity contribution in [1.29, 1.82) is 0 Å². The number of aliphatic hydroxyl groups is 1. The summed E-state index contributed by atoms with van der Waals surface area (Å²) >= 11 is 0. The molecular formula is C22H22FNO7. The molecule has 3 heterocycles. The fraction of sp³-hybridized carbons (Fsp3) is 0.409. The molecule has 2 saturated heterocycles. The van der Waals surface area contributed by atoms with Crippen molar-refractivity contribution in [3.63, 3.8) is 0 Å².